The molecule has 0 aromatic heterocycles. The third kappa shape index (κ3) is 6.52. The number of carbonyl (C=O) groups excluding carboxylic acids is 2. The molecule has 3 aromatic rings. The normalized spacial score (nSPS) is 14.5. The lowest BCUT2D eigenvalue weighted by Gasteiger charge is -2.32. The second kappa shape index (κ2) is 13.0. The van der Waals surface area contributed by atoms with Crippen LogP contribution in [-0.2, 0) is 20.7 Å². The Hall–Kier alpha value is -3.55. The SMILES string of the molecule is CC[C@H](C)[C@@H](C(=O)C[C@H](Cc1cc(Cl)c(O)c(Cl)c1)C(=O)O)N(C)C(=O)OCC1c2ccccc2-c2ccccc21. The van der Waals surface area contributed by atoms with Crippen molar-refractivity contribution in [2.24, 2.45) is 11.8 Å². The number of rotatable bonds is 11. The number of carboxylic acid groups (broad SMARTS) is 1. The number of ether oxygens (including phenoxy) is 1. The fourth-order valence-corrected chi connectivity index (χ4v) is 6.11. The number of nitrogens with zero attached hydrogens (tertiary/aromatic N) is 1. The number of hydrogen-bond donors (Lipinski definition) is 2. The summed E-state index contributed by atoms with van der Waals surface area (Å²) < 4.78 is 5.78. The molecular formula is C32H33Cl2NO6. The molecule has 7 nitrogen and oxygen atoms in total. The molecule has 41 heavy (non-hydrogen) atoms. The van der Waals surface area contributed by atoms with E-state index < -0.39 is 24.0 Å². The molecule has 9 heteroatoms. The molecule has 3 atom stereocenters. The molecule has 216 valence electrons. The van der Waals surface area contributed by atoms with Crippen molar-refractivity contribution < 1.29 is 29.3 Å². The van der Waals surface area contributed by atoms with Crippen LogP contribution in [0.1, 0.15) is 49.3 Å². The van der Waals surface area contributed by atoms with Gasteiger partial charge in [0, 0.05) is 19.4 Å². The molecule has 0 saturated heterocycles. The van der Waals surface area contributed by atoms with Crippen LogP contribution in [0.4, 0.5) is 4.79 Å². The number of amides is 1. The topological polar surface area (TPSA) is 104 Å². The number of aromatic hydroxyl groups is 1. The number of ketones is 1. The Morgan fingerprint density at radius 1 is 0.976 bits per heavy atom. The van der Waals surface area contributed by atoms with Crippen LogP contribution >= 0.6 is 23.2 Å². The van der Waals surface area contributed by atoms with Crippen molar-refractivity contribution in [2.45, 2.75) is 45.1 Å². The number of benzene rings is 3. The van der Waals surface area contributed by atoms with Gasteiger partial charge in [0.2, 0.25) is 0 Å². The maximum atomic E-state index is 13.6. The van der Waals surface area contributed by atoms with E-state index >= 15 is 0 Å². The second-order valence-corrected chi connectivity index (χ2v) is 11.4. The molecule has 0 unspecified atom stereocenters. The van der Waals surface area contributed by atoms with Gasteiger partial charge in [-0.05, 0) is 52.3 Å². The van der Waals surface area contributed by atoms with E-state index in [4.69, 9.17) is 27.9 Å². The number of phenolic OH excluding ortho intramolecular Hbond substituents is 1. The third-order valence-electron chi connectivity index (χ3n) is 7.91. The van der Waals surface area contributed by atoms with Crippen LogP contribution in [0.15, 0.2) is 60.7 Å². The first kappa shape index (κ1) is 30.4. The zero-order valence-corrected chi connectivity index (χ0v) is 24.7. The Morgan fingerprint density at radius 2 is 1.51 bits per heavy atom. The van der Waals surface area contributed by atoms with Gasteiger partial charge in [-0.3, -0.25) is 9.59 Å². The number of Topliss-reactive ketones (excluding diaryl/α,β-unsaturated/α-hetero) is 1. The van der Waals surface area contributed by atoms with Gasteiger partial charge in [0.15, 0.2) is 11.5 Å². The summed E-state index contributed by atoms with van der Waals surface area (Å²) in [5.74, 6) is -3.27. The first-order valence-corrected chi connectivity index (χ1v) is 14.3. The van der Waals surface area contributed by atoms with Crippen LogP contribution in [0.25, 0.3) is 11.1 Å². The Balaban J connectivity index is 1.48. The first-order chi connectivity index (χ1) is 19.5. The largest absolute Gasteiger partial charge is 0.505 e. The van der Waals surface area contributed by atoms with Crippen molar-refractivity contribution in [1.29, 1.82) is 0 Å². The molecule has 0 saturated carbocycles. The molecule has 3 aromatic carbocycles. The number of carbonyl (C=O) groups is 3. The van der Waals surface area contributed by atoms with Crippen LogP contribution in [-0.4, -0.2) is 52.7 Å². The highest BCUT2D eigenvalue weighted by Crippen LogP contribution is 2.44. The molecule has 0 heterocycles. The molecule has 2 N–H and O–H groups in total. The number of phenols is 1. The molecule has 1 aliphatic carbocycles. The van der Waals surface area contributed by atoms with Crippen molar-refractivity contribution in [1.82, 2.24) is 4.90 Å². The lowest BCUT2D eigenvalue weighted by Crippen LogP contribution is -2.47. The number of hydrogen-bond acceptors (Lipinski definition) is 5. The van der Waals surface area contributed by atoms with E-state index in [0.717, 1.165) is 22.3 Å². The minimum Gasteiger partial charge on any atom is -0.505 e. The van der Waals surface area contributed by atoms with E-state index in [2.05, 4.69) is 12.1 Å². The summed E-state index contributed by atoms with van der Waals surface area (Å²) in [4.78, 5) is 40.3. The first-order valence-electron chi connectivity index (χ1n) is 13.5. The van der Waals surface area contributed by atoms with E-state index in [9.17, 15) is 24.6 Å². The predicted molar refractivity (Wildman–Crippen MR) is 159 cm³/mol. The van der Waals surface area contributed by atoms with Gasteiger partial charge >= 0.3 is 12.1 Å². The zero-order chi connectivity index (χ0) is 29.8. The van der Waals surface area contributed by atoms with Gasteiger partial charge in [-0.1, -0.05) is 92.0 Å². The Kier molecular flexibility index (Phi) is 9.61. The maximum Gasteiger partial charge on any atom is 0.410 e. The van der Waals surface area contributed by atoms with Gasteiger partial charge in [-0.25, -0.2) is 4.79 Å². The van der Waals surface area contributed by atoms with Crippen molar-refractivity contribution in [3.8, 4) is 16.9 Å². The fraction of sp³-hybridized carbons (Fsp3) is 0.344. The van der Waals surface area contributed by atoms with Crippen molar-refractivity contribution in [2.75, 3.05) is 13.7 Å². The van der Waals surface area contributed by atoms with E-state index in [-0.39, 0.29) is 52.9 Å². The smallest absolute Gasteiger partial charge is 0.410 e. The molecule has 1 aliphatic rings. The minimum absolute atomic E-state index is 0.00423. The molecule has 0 fully saturated rings. The summed E-state index contributed by atoms with van der Waals surface area (Å²) in [6.07, 6.45) is -0.378. The minimum atomic E-state index is -1.16. The highest BCUT2D eigenvalue weighted by Gasteiger charge is 2.36. The number of aliphatic carboxylic acids is 1. The molecule has 1 amide bonds. The molecule has 4 rings (SSSR count). The molecule has 0 radical (unpaired) electrons. The predicted octanol–water partition coefficient (Wildman–Crippen LogP) is 7.20. The fourth-order valence-electron chi connectivity index (χ4n) is 5.58. The van der Waals surface area contributed by atoms with Gasteiger partial charge in [0.25, 0.3) is 0 Å². The molecule has 0 bridgehead atoms. The van der Waals surface area contributed by atoms with Crippen LogP contribution < -0.4 is 0 Å². The second-order valence-electron chi connectivity index (χ2n) is 10.6. The highest BCUT2D eigenvalue weighted by molar-refractivity contribution is 6.37. The molecule has 0 spiro atoms. The summed E-state index contributed by atoms with van der Waals surface area (Å²) in [6, 6.07) is 18.0. The van der Waals surface area contributed by atoms with E-state index in [1.807, 2.05) is 50.2 Å². The van der Waals surface area contributed by atoms with Gasteiger partial charge in [-0.15, -0.1) is 0 Å². The standard InChI is InChI=1S/C32H33Cl2NO6/c1-4-18(2)29(28(36)16-20(31(38)39)13-19-14-26(33)30(37)27(34)15-19)35(3)32(40)41-17-25-23-11-7-5-9-21(23)22-10-6-8-12-24(22)25/h5-12,14-15,18,20,25,29,37H,4,13,16-17H2,1-3H3,(H,38,39)/t18-,20-,29-/m0/s1. The highest BCUT2D eigenvalue weighted by atomic mass is 35.5. The van der Waals surface area contributed by atoms with Crippen LogP contribution in [0.5, 0.6) is 5.75 Å². The Bertz CT molecular complexity index is 1390. The number of halogens is 2. The van der Waals surface area contributed by atoms with Gasteiger partial charge < -0.3 is 19.8 Å². The van der Waals surface area contributed by atoms with Gasteiger partial charge in [0.05, 0.1) is 22.0 Å². The summed E-state index contributed by atoms with van der Waals surface area (Å²) in [7, 11) is 1.52. The number of carboxylic acids is 1. The monoisotopic (exact) mass is 597 g/mol. The Labute approximate surface area is 249 Å². The summed E-state index contributed by atoms with van der Waals surface area (Å²) in [5, 5.41) is 19.7. The summed E-state index contributed by atoms with van der Waals surface area (Å²) in [5.41, 5.74) is 4.86. The van der Waals surface area contributed by atoms with Crippen LogP contribution in [0.2, 0.25) is 10.0 Å². The van der Waals surface area contributed by atoms with Crippen molar-refractivity contribution >= 4 is 41.0 Å². The lowest BCUT2D eigenvalue weighted by atomic mass is 9.87. The number of fused-ring (bicyclic) bond motifs is 3. The van der Waals surface area contributed by atoms with Crippen molar-refractivity contribution in [3.05, 3.63) is 87.4 Å². The average molecular weight is 599 g/mol. The van der Waals surface area contributed by atoms with Gasteiger partial charge in [0.1, 0.15) is 6.61 Å². The zero-order valence-electron chi connectivity index (χ0n) is 23.1. The van der Waals surface area contributed by atoms with E-state index in [1.54, 1.807) is 0 Å². The van der Waals surface area contributed by atoms with E-state index in [0.29, 0.717) is 12.0 Å². The maximum absolute atomic E-state index is 13.6. The van der Waals surface area contributed by atoms with Crippen molar-refractivity contribution in [3.63, 3.8) is 0 Å². The summed E-state index contributed by atoms with van der Waals surface area (Å²) >= 11 is 12.0. The Morgan fingerprint density at radius 3 is 2.02 bits per heavy atom. The molecular weight excluding hydrogens is 565 g/mol. The molecule has 0 aliphatic heterocycles. The van der Waals surface area contributed by atoms with Gasteiger partial charge in [-0.2, -0.15) is 0 Å². The average Bonchev–Trinajstić information content (AvgIpc) is 3.27. The van der Waals surface area contributed by atoms with Crippen LogP contribution in [0.3, 0.4) is 0 Å². The third-order valence-corrected chi connectivity index (χ3v) is 8.49. The summed E-state index contributed by atoms with van der Waals surface area (Å²) in [6.45, 7) is 3.87. The number of likely N-dealkylation sites (N-methyl/N-ethyl adjacent to an activating group) is 1. The quantitative estimate of drug-likeness (QED) is 0.242. The van der Waals surface area contributed by atoms with E-state index in [1.165, 1.54) is 24.1 Å². The van der Waals surface area contributed by atoms with Crippen LogP contribution in [0, 0.1) is 11.8 Å². The lowest BCUT2D eigenvalue weighted by molar-refractivity contribution is -0.144.